The second-order valence-electron chi connectivity index (χ2n) is 10.1. The highest BCUT2D eigenvalue weighted by atomic mass is 32.1. The van der Waals surface area contributed by atoms with Crippen LogP contribution in [0.15, 0.2) is 64.3 Å². The first-order valence-electron chi connectivity index (χ1n) is 13.7. The van der Waals surface area contributed by atoms with Crippen LogP contribution in [0.1, 0.15) is 68.9 Å². The molecular formula is C30H41F2N7S. The van der Waals surface area contributed by atoms with E-state index in [0.717, 1.165) is 44.2 Å². The van der Waals surface area contributed by atoms with Crippen LogP contribution in [-0.4, -0.2) is 58.2 Å². The topological polar surface area (TPSA) is 70.7 Å². The summed E-state index contributed by atoms with van der Waals surface area (Å²) >= 11 is 4.89. The summed E-state index contributed by atoms with van der Waals surface area (Å²) in [6.45, 7) is 16.3. The lowest BCUT2D eigenvalue weighted by molar-refractivity contribution is 0.191. The van der Waals surface area contributed by atoms with Crippen molar-refractivity contribution in [2.75, 3.05) is 31.6 Å². The van der Waals surface area contributed by atoms with Gasteiger partial charge in [-0.1, -0.05) is 19.1 Å². The number of aromatic nitrogens is 3. The molecule has 2 aromatic rings. The predicted molar refractivity (Wildman–Crippen MR) is 166 cm³/mol. The Morgan fingerprint density at radius 2 is 2.00 bits per heavy atom. The van der Waals surface area contributed by atoms with Crippen molar-refractivity contribution in [1.82, 2.24) is 19.4 Å². The van der Waals surface area contributed by atoms with Crippen molar-refractivity contribution in [1.29, 1.82) is 0 Å². The van der Waals surface area contributed by atoms with Crippen molar-refractivity contribution in [3.8, 4) is 0 Å². The molecule has 1 fully saturated rings. The number of nitrogens with one attached hydrogen (secondary N) is 1. The molecular weight excluding hydrogens is 528 g/mol. The molecule has 1 saturated heterocycles. The van der Waals surface area contributed by atoms with E-state index < -0.39 is 11.7 Å². The van der Waals surface area contributed by atoms with Gasteiger partial charge in [0.15, 0.2) is 11.7 Å². The molecule has 0 aromatic carbocycles. The molecule has 0 amide bonds. The number of aliphatic imine (C=N–C) groups is 2. The maximum atomic E-state index is 15.2. The van der Waals surface area contributed by atoms with E-state index in [0.29, 0.717) is 17.6 Å². The fourth-order valence-electron chi connectivity index (χ4n) is 4.81. The van der Waals surface area contributed by atoms with Gasteiger partial charge in [0, 0.05) is 29.3 Å². The summed E-state index contributed by atoms with van der Waals surface area (Å²) in [6.07, 6.45) is 9.50. The van der Waals surface area contributed by atoms with Crippen LogP contribution >= 0.6 is 12.6 Å². The molecule has 1 atom stereocenters. The van der Waals surface area contributed by atoms with Gasteiger partial charge in [-0.2, -0.15) is 12.6 Å². The summed E-state index contributed by atoms with van der Waals surface area (Å²) < 4.78 is 32.0. The van der Waals surface area contributed by atoms with E-state index in [1.54, 1.807) is 19.2 Å². The molecule has 3 rings (SSSR count). The first-order valence-corrected chi connectivity index (χ1v) is 14.3. The Morgan fingerprint density at radius 3 is 2.55 bits per heavy atom. The summed E-state index contributed by atoms with van der Waals surface area (Å²) in [5.41, 5.74) is 1.45. The lowest BCUT2D eigenvalue weighted by Gasteiger charge is -2.33. The van der Waals surface area contributed by atoms with Gasteiger partial charge in [0.05, 0.1) is 6.20 Å². The monoisotopic (exact) mass is 569 g/mol. The summed E-state index contributed by atoms with van der Waals surface area (Å²) in [4.78, 5) is 19.2. The molecule has 10 heteroatoms. The smallest absolute Gasteiger partial charge is 0.167 e. The van der Waals surface area contributed by atoms with E-state index in [1.807, 2.05) is 43.7 Å². The number of aryl methyl sites for hydroxylation is 1. The predicted octanol–water partition coefficient (Wildman–Crippen LogP) is 7.15. The van der Waals surface area contributed by atoms with E-state index in [2.05, 4.69) is 43.8 Å². The molecule has 1 unspecified atom stereocenters. The normalized spacial score (nSPS) is 17.4. The lowest BCUT2D eigenvalue weighted by atomic mass is 9.90. The van der Waals surface area contributed by atoms with E-state index in [9.17, 15) is 4.39 Å². The summed E-state index contributed by atoms with van der Waals surface area (Å²) in [5, 5.41) is 3.22. The second kappa shape index (κ2) is 15.0. The van der Waals surface area contributed by atoms with Gasteiger partial charge >= 0.3 is 0 Å². The first-order chi connectivity index (χ1) is 19.2. The number of piperidine rings is 1. The Balaban J connectivity index is 1.72. The van der Waals surface area contributed by atoms with Crippen LogP contribution < -0.4 is 5.32 Å². The third-order valence-corrected chi connectivity index (χ3v) is 7.89. The number of allylic oxidation sites excluding steroid dienone is 4. The Kier molecular flexibility index (Phi) is 11.8. The van der Waals surface area contributed by atoms with E-state index in [-0.39, 0.29) is 34.9 Å². The van der Waals surface area contributed by atoms with Gasteiger partial charge in [-0.25, -0.2) is 18.7 Å². The molecule has 2 aromatic heterocycles. The van der Waals surface area contributed by atoms with Gasteiger partial charge in [-0.3, -0.25) is 9.98 Å². The van der Waals surface area contributed by atoms with Crippen molar-refractivity contribution in [3.63, 3.8) is 0 Å². The zero-order chi connectivity index (χ0) is 29.2. The number of anilines is 1. The molecule has 0 aliphatic carbocycles. The highest BCUT2D eigenvalue weighted by molar-refractivity contribution is 7.80. The number of likely N-dealkylation sites (tertiary alicyclic amines) is 1. The molecule has 3 heterocycles. The molecule has 0 saturated carbocycles. The Morgan fingerprint density at radius 1 is 1.27 bits per heavy atom. The van der Waals surface area contributed by atoms with E-state index >= 15 is 4.39 Å². The highest BCUT2D eigenvalue weighted by Crippen LogP contribution is 2.35. The fraction of sp³-hybridized carbons (Fsp3) is 0.467. The quantitative estimate of drug-likeness (QED) is 0.162. The largest absolute Gasteiger partial charge is 0.351 e. The molecule has 216 valence electrons. The Labute approximate surface area is 242 Å². The van der Waals surface area contributed by atoms with Crippen LogP contribution in [0, 0.1) is 12.8 Å². The third-order valence-electron chi connectivity index (χ3n) is 7.17. The van der Waals surface area contributed by atoms with Crippen molar-refractivity contribution < 1.29 is 8.78 Å². The maximum Gasteiger partial charge on any atom is 0.167 e. The van der Waals surface area contributed by atoms with Crippen molar-refractivity contribution in [2.24, 2.45) is 15.9 Å². The standard InChI is InChI=1S/C30H41F2N7S/c1-7-22(15-25(31)27-18-39(20(3)4)21(5)37-27)29(26(32)17-33-6)36-19-35-28-10-9-24(16-34-28)30(40)23-11-13-38(8-2)14-12-23/h7,9-10,15-18,20,23,30,40H,6,8,11-14,19H2,1-5H3,(H,34,35)/b22-7+,25-15+,26-17+,36-29?. The van der Waals surface area contributed by atoms with Gasteiger partial charge < -0.3 is 14.8 Å². The van der Waals surface area contributed by atoms with Crippen LogP contribution in [-0.2, 0) is 0 Å². The molecule has 1 N–H and O–H groups in total. The summed E-state index contributed by atoms with van der Waals surface area (Å²) in [7, 11) is 0. The average molecular weight is 570 g/mol. The number of pyridine rings is 1. The summed E-state index contributed by atoms with van der Waals surface area (Å²) in [5.74, 6) is 0.490. The maximum absolute atomic E-state index is 15.2. The van der Waals surface area contributed by atoms with Crippen molar-refractivity contribution in [2.45, 2.75) is 58.8 Å². The molecule has 0 bridgehead atoms. The van der Waals surface area contributed by atoms with Crippen LogP contribution in [0.3, 0.4) is 0 Å². The molecule has 7 nitrogen and oxygen atoms in total. The minimum Gasteiger partial charge on any atom is -0.351 e. The molecule has 1 aliphatic heterocycles. The minimum atomic E-state index is -0.729. The number of thiol groups is 1. The average Bonchev–Trinajstić information content (AvgIpc) is 3.36. The third kappa shape index (κ3) is 8.20. The molecule has 1 aliphatic rings. The number of halogens is 2. The molecule has 0 radical (unpaired) electrons. The SMILES string of the molecule is C=N/C=C(/F)C(=NCNc1ccc(C(S)C2CCN(CC)CC2)cn1)C(=C/C)/C=C(/F)c1cn(C(C)C)c(C)n1. The van der Waals surface area contributed by atoms with Crippen molar-refractivity contribution in [3.05, 3.63) is 71.4 Å². The Hall–Kier alpha value is -3.11. The van der Waals surface area contributed by atoms with E-state index in [4.69, 9.17) is 12.6 Å². The van der Waals surface area contributed by atoms with Crippen LogP contribution in [0.25, 0.3) is 5.83 Å². The Bertz CT molecular complexity index is 1250. The zero-order valence-electron chi connectivity index (χ0n) is 24.1. The van der Waals surface area contributed by atoms with Gasteiger partial charge in [0.1, 0.15) is 29.7 Å². The van der Waals surface area contributed by atoms with Gasteiger partial charge in [0.25, 0.3) is 0 Å². The van der Waals surface area contributed by atoms with Crippen LogP contribution in [0.2, 0.25) is 0 Å². The molecule has 0 spiro atoms. The zero-order valence-corrected chi connectivity index (χ0v) is 25.0. The minimum absolute atomic E-state index is 0.0216. The fourth-order valence-corrected chi connectivity index (χ4v) is 5.26. The number of rotatable bonds is 12. The second-order valence-corrected chi connectivity index (χ2v) is 10.7. The molecule has 40 heavy (non-hydrogen) atoms. The lowest BCUT2D eigenvalue weighted by Crippen LogP contribution is -2.34. The first kappa shape index (κ1) is 31.4. The number of hydrogen-bond donors (Lipinski definition) is 2. The van der Waals surface area contributed by atoms with Crippen LogP contribution in [0.4, 0.5) is 14.6 Å². The van der Waals surface area contributed by atoms with Gasteiger partial charge in [0.2, 0.25) is 0 Å². The number of imidazole rings is 1. The number of nitrogens with zero attached hydrogens (tertiary/aromatic N) is 6. The van der Waals surface area contributed by atoms with Gasteiger partial charge in [-0.05, 0) is 90.5 Å². The highest BCUT2D eigenvalue weighted by Gasteiger charge is 2.25. The number of hydrogen-bond acceptors (Lipinski definition) is 7. The van der Waals surface area contributed by atoms with Crippen molar-refractivity contribution >= 4 is 36.7 Å². The van der Waals surface area contributed by atoms with Gasteiger partial charge in [-0.15, -0.1) is 0 Å². The van der Waals surface area contributed by atoms with E-state index in [1.165, 1.54) is 6.08 Å². The van der Waals surface area contributed by atoms with Crippen LogP contribution in [0.5, 0.6) is 0 Å². The summed E-state index contributed by atoms with van der Waals surface area (Å²) in [6, 6.07) is 4.02.